The lowest BCUT2D eigenvalue weighted by Crippen LogP contribution is -2.42. The fourth-order valence-electron chi connectivity index (χ4n) is 3.14. The van der Waals surface area contributed by atoms with Gasteiger partial charge >= 0.3 is 0 Å². The first-order valence-electron chi connectivity index (χ1n) is 8.53. The van der Waals surface area contributed by atoms with Crippen LogP contribution in [-0.2, 0) is 6.42 Å². The molecule has 25 heavy (non-hydrogen) atoms. The number of hydrogen-bond donors (Lipinski definition) is 1. The number of nitrogens with zero attached hydrogens (tertiary/aromatic N) is 5. The molecule has 8 heteroatoms. The first-order valence-corrected chi connectivity index (χ1v) is 8.53. The summed E-state index contributed by atoms with van der Waals surface area (Å²) in [6.45, 7) is 3.46. The Morgan fingerprint density at radius 2 is 2.24 bits per heavy atom. The molecular formula is C17H20N6O2. The number of carbonyl (C=O) groups is 1. The number of piperidine rings is 1. The van der Waals surface area contributed by atoms with E-state index in [1.165, 1.54) is 12.6 Å². The predicted molar refractivity (Wildman–Crippen MR) is 91.4 cm³/mol. The van der Waals surface area contributed by atoms with Gasteiger partial charge in [-0.15, -0.1) is 0 Å². The summed E-state index contributed by atoms with van der Waals surface area (Å²) in [7, 11) is 0. The van der Waals surface area contributed by atoms with Gasteiger partial charge in [-0.05, 0) is 31.4 Å². The normalized spacial score (nSPS) is 15.6. The highest BCUT2D eigenvalue weighted by molar-refractivity contribution is 5.91. The zero-order valence-electron chi connectivity index (χ0n) is 14.1. The van der Waals surface area contributed by atoms with Crippen LogP contribution < -0.4 is 5.32 Å². The number of carbonyl (C=O) groups excluding carboxylic acids is 1. The van der Waals surface area contributed by atoms with E-state index in [0.29, 0.717) is 24.6 Å². The van der Waals surface area contributed by atoms with Crippen LogP contribution in [-0.4, -0.2) is 49.5 Å². The molecule has 3 aromatic rings. The fourth-order valence-corrected chi connectivity index (χ4v) is 3.14. The average Bonchev–Trinajstić information content (AvgIpc) is 3.33. The molecule has 0 spiro atoms. The summed E-state index contributed by atoms with van der Waals surface area (Å²) < 4.78 is 6.93. The Morgan fingerprint density at radius 3 is 2.96 bits per heavy atom. The first-order chi connectivity index (χ1) is 12.2. The second-order valence-corrected chi connectivity index (χ2v) is 6.15. The molecule has 1 aliphatic rings. The van der Waals surface area contributed by atoms with Crippen LogP contribution >= 0.6 is 0 Å². The number of aromatic nitrogens is 4. The van der Waals surface area contributed by atoms with E-state index in [4.69, 9.17) is 4.42 Å². The van der Waals surface area contributed by atoms with E-state index in [0.717, 1.165) is 30.8 Å². The van der Waals surface area contributed by atoms with Crippen LogP contribution in [0.25, 0.3) is 5.78 Å². The highest BCUT2D eigenvalue weighted by Crippen LogP contribution is 2.19. The summed E-state index contributed by atoms with van der Waals surface area (Å²) >= 11 is 0. The van der Waals surface area contributed by atoms with Crippen LogP contribution in [0.4, 0.5) is 5.82 Å². The summed E-state index contributed by atoms with van der Waals surface area (Å²) in [5.74, 6) is 1.86. The van der Waals surface area contributed by atoms with Crippen LogP contribution in [0.15, 0.2) is 35.2 Å². The van der Waals surface area contributed by atoms with Crippen LogP contribution in [0.1, 0.15) is 36.0 Å². The number of aryl methyl sites for hydroxylation is 1. The second-order valence-electron chi connectivity index (χ2n) is 6.15. The minimum absolute atomic E-state index is 0.0423. The Bertz CT molecular complexity index is 865. The minimum Gasteiger partial charge on any atom is -0.459 e. The van der Waals surface area contributed by atoms with E-state index in [1.807, 2.05) is 11.0 Å². The van der Waals surface area contributed by atoms with E-state index in [9.17, 15) is 4.79 Å². The van der Waals surface area contributed by atoms with Crippen molar-refractivity contribution in [2.45, 2.75) is 32.2 Å². The van der Waals surface area contributed by atoms with Crippen LogP contribution in [0.3, 0.4) is 0 Å². The third kappa shape index (κ3) is 3.07. The van der Waals surface area contributed by atoms with Crippen molar-refractivity contribution in [2.75, 3.05) is 18.4 Å². The molecule has 3 aromatic heterocycles. The molecule has 0 aliphatic carbocycles. The van der Waals surface area contributed by atoms with E-state index in [-0.39, 0.29) is 11.9 Å². The largest absolute Gasteiger partial charge is 0.459 e. The topological polar surface area (TPSA) is 88.6 Å². The smallest absolute Gasteiger partial charge is 0.289 e. The van der Waals surface area contributed by atoms with Gasteiger partial charge in [0, 0.05) is 30.9 Å². The Labute approximate surface area is 144 Å². The molecule has 0 saturated carbocycles. The number of anilines is 1. The van der Waals surface area contributed by atoms with E-state index < -0.39 is 0 Å². The third-order valence-electron chi connectivity index (χ3n) is 4.53. The van der Waals surface area contributed by atoms with Gasteiger partial charge in [0.05, 0.1) is 6.26 Å². The number of hydrogen-bond acceptors (Lipinski definition) is 6. The van der Waals surface area contributed by atoms with Crippen LogP contribution in [0.2, 0.25) is 0 Å². The minimum atomic E-state index is -0.0423. The quantitative estimate of drug-likeness (QED) is 0.781. The average molecular weight is 340 g/mol. The van der Waals surface area contributed by atoms with Crippen molar-refractivity contribution >= 4 is 17.5 Å². The summed E-state index contributed by atoms with van der Waals surface area (Å²) in [5.41, 5.74) is 0.980. The molecular weight excluding hydrogens is 320 g/mol. The number of furan rings is 1. The standard InChI is InChI=1S/C17H20N6O2/c1-2-12-10-15(23-17(21-12)18-11-19-23)20-13-5-7-22(8-6-13)16(24)14-4-3-9-25-14/h3-4,9-11,13,20H,2,5-8H2,1H3. The third-order valence-corrected chi connectivity index (χ3v) is 4.53. The van der Waals surface area contributed by atoms with Gasteiger partial charge in [0.2, 0.25) is 0 Å². The van der Waals surface area contributed by atoms with E-state index in [1.54, 1.807) is 16.6 Å². The van der Waals surface area contributed by atoms with E-state index >= 15 is 0 Å². The van der Waals surface area contributed by atoms with E-state index in [2.05, 4.69) is 27.3 Å². The SMILES string of the molecule is CCc1cc(NC2CCN(C(=O)c3ccco3)CC2)n2ncnc2n1. The van der Waals surface area contributed by atoms with Crippen LogP contribution in [0.5, 0.6) is 0 Å². The molecule has 0 radical (unpaired) electrons. The molecule has 1 saturated heterocycles. The van der Waals surface area contributed by atoms with Crippen LogP contribution in [0, 0.1) is 0 Å². The number of nitrogens with one attached hydrogen (secondary N) is 1. The van der Waals surface area contributed by atoms with Gasteiger partial charge in [-0.1, -0.05) is 6.92 Å². The zero-order chi connectivity index (χ0) is 17.2. The first kappa shape index (κ1) is 15.6. The molecule has 0 bridgehead atoms. The Balaban J connectivity index is 1.44. The summed E-state index contributed by atoms with van der Waals surface area (Å²) in [6.07, 6.45) is 5.62. The molecule has 130 valence electrons. The Morgan fingerprint density at radius 1 is 1.40 bits per heavy atom. The molecule has 8 nitrogen and oxygen atoms in total. The van der Waals surface area contributed by atoms with Gasteiger partial charge in [-0.3, -0.25) is 4.79 Å². The number of rotatable bonds is 4. The maximum Gasteiger partial charge on any atom is 0.289 e. The monoisotopic (exact) mass is 340 g/mol. The van der Waals surface area contributed by atoms with Gasteiger partial charge < -0.3 is 14.6 Å². The molecule has 0 unspecified atom stereocenters. The molecule has 4 rings (SSSR count). The molecule has 1 aliphatic heterocycles. The number of likely N-dealkylation sites (tertiary alicyclic amines) is 1. The molecule has 1 amide bonds. The summed E-state index contributed by atoms with van der Waals surface area (Å²) in [5, 5.41) is 7.78. The molecule has 0 aromatic carbocycles. The highest BCUT2D eigenvalue weighted by atomic mass is 16.3. The van der Waals surface area contributed by atoms with Crippen molar-refractivity contribution in [3.8, 4) is 0 Å². The van der Waals surface area contributed by atoms with Gasteiger partial charge in [0.15, 0.2) is 5.76 Å². The Kier molecular flexibility index (Phi) is 4.09. The summed E-state index contributed by atoms with van der Waals surface area (Å²) in [4.78, 5) is 22.8. The molecule has 4 heterocycles. The highest BCUT2D eigenvalue weighted by Gasteiger charge is 2.25. The predicted octanol–water partition coefficient (Wildman–Crippen LogP) is 2.00. The fraction of sp³-hybridized carbons (Fsp3) is 0.412. The van der Waals surface area contributed by atoms with Crippen molar-refractivity contribution in [3.05, 3.63) is 42.2 Å². The van der Waals surface area contributed by atoms with Crippen molar-refractivity contribution < 1.29 is 9.21 Å². The lowest BCUT2D eigenvalue weighted by Gasteiger charge is -2.32. The van der Waals surface area contributed by atoms with Gasteiger partial charge in [-0.2, -0.15) is 14.6 Å². The number of fused-ring (bicyclic) bond motifs is 1. The van der Waals surface area contributed by atoms with Gasteiger partial charge in [0.25, 0.3) is 11.7 Å². The van der Waals surface area contributed by atoms with Crippen molar-refractivity contribution in [3.63, 3.8) is 0 Å². The lowest BCUT2D eigenvalue weighted by molar-refractivity contribution is 0.0686. The van der Waals surface area contributed by atoms with Crippen molar-refractivity contribution in [1.29, 1.82) is 0 Å². The van der Waals surface area contributed by atoms with Crippen molar-refractivity contribution in [2.24, 2.45) is 0 Å². The zero-order valence-corrected chi connectivity index (χ0v) is 14.1. The summed E-state index contributed by atoms with van der Waals surface area (Å²) in [6, 6.07) is 5.74. The number of amides is 1. The maximum absolute atomic E-state index is 12.3. The van der Waals surface area contributed by atoms with Crippen molar-refractivity contribution in [1.82, 2.24) is 24.5 Å². The second kappa shape index (κ2) is 6.54. The molecule has 1 N–H and O–H groups in total. The van der Waals surface area contributed by atoms with Gasteiger partial charge in [0.1, 0.15) is 12.1 Å². The lowest BCUT2D eigenvalue weighted by atomic mass is 10.0. The maximum atomic E-state index is 12.3. The Hall–Kier alpha value is -2.90. The van der Waals surface area contributed by atoms with Gasteiger partial charge in [-0.25, -0.2) is 4.98 Å². The molecule has 1 fully saturated rings. The molecule has 0 atom stereocenters.